The summed E-state index contributed by atoms with van der Waals surface area (Å²) in [5.41, 5.74) is 8.77. The van der Waals surface area contributed by atoms with Crippen LogP contribution in [0.25, 0.3) is 17.1 Å². The smallest absolute Gasteiger partial charge is 0.187 e. The van der Waals surface area contributed by atoms with Crippen molar-refractivity contribution >= 4 is 28.9 Å². The highest BCUT2D eigenvalue weighted by molar-refractivity contribution is 6.33. The Balaban J connectivity index is 2.12. The van der Waals surface area contributed by atoms with E-state index in [2.05, 4.69) is 15.5 Å². The molecule has 0 radical (unpaired) electrons. The Labute approximate surface area is 131 Å². The van der Waals surface area contributed by atoms with Crippen molar-refractivity contribution in [3.8, 4) is 17.1 Å². The Kier molecular flexibility index (Phi) is 3.53. The van der Waals surface area contributed by atoms with Gasteiger partial charge < -0.3 is 5.73 Å². The quantitative estimate of drug-likeness (QED) is 0.733. The first-order chi connectivity index (χ1) is 10.1. The minimum absolute atomic E-state index is 0.462. The number of halogens is 2. The van der Waals surface area contributed by atoms with Crippen LogP contribution < -0.4 is 5.73 Å². The van der Waals surface area contributed by atoms with Crippen LogP contribution in [0, 0.1) is 6.92 Å². The number of nitrogens with zero attached hydrogens (tertiary/aromatic N) is 4. The average molecular weight is 320 g/mol. The summed E-state index contributed by atoms with van der Waals surface area (Å²) in [5, 5.41) is 12.9. The zero-order valence-electron chi connectivity index (χ0n) is 11.1. The molecular weight excluding hydrogens is 309 g/mol. The minimum Gasteiger partial charge on any atom is -0.398 e. The molecule has 0 aliphatic carbocycles. The Hall–Kier alpha value is -2.11. The van der Waals surface area contributed by atoms with Gasteiger partial charge in [0.05, 0.1) is 16.4 Å². The summed E-state index contributed by atoms with van der Waals surface area (Å²) in [6, 6.07) is 10.9. The van der Waals surface area contributed by atoms with Gasteiger partial charge >= 0.3 is 0 Å². The summed E-state index contributed by atoms with van der Waals surface area (Å²) in [5.74, 6) is 0.566. The van der Waals surface area contributed by atoms with E-state index in [1.54, 1.807) is 16.8 Å². The van der Waals surface area contributed by atoms with Gasteiger partial charge in [-0.2, -0.15) is 4.68 Å². The number of rotatable bonds is 2. The first-order valence-corrected chi connectivity index (χ1v) is 6.92. The number of benzene rings is 2. The number of nitrogens with two attached hydrogens (primary N) is 1. The van der Waals surface area contributed by atoms with E-state index in [4.69, 9.17) is 28.9 Å². The van der Waals surface area contributed by atoms with Crippen LogP contribution in [0.3, 0.4) is 0 Å². The summed E-state index contributed by atoms with van der Waals surface area (Å²) in [6.45, 7) is 1.94. The molecule has 2 N–H and O–H groups in total. The van der Waals surface area contributed by atoms with E-state index in [1.807, 2.05) is 31.2 Å². The maximum absolute atomic E-state index is 6.16. The highest BCUT2D eigenvalue weighted by Gasteiger charge is 2.12. The molecule has 0 aliphatic heterocycles. The van der Waals surface area contributed by atoms with Gasteiger partial charge in [0, 0.05) is 10.6 Å². The van der Waals surface area contributed by atoms with Crippen LogP contribution in [-0.2, 0) is 0 Å². The fraction of sp³-hybridized carbons (Fsp3) is 0.0714. The molecule has 3 aromatic rings. The average Bonchev–Trinajstić information content (AvgIpc) is 2.94. The highest BCUT2D eigenvalue weighted by Crippen LogP contribution is 2.27. The molecule has 0 fully saturated rings. The fourth-order valence-corrected chi connectivity index (χ4v) is 2.28. The van der Waals surface area contributed by atoms with Crippen molar-refractivity contribution in [2.24, 2.45) is 0 Å². The van der Waals surface area contributed by atoms with E-state index in [-0.39, 0.29) is 0 Å². The van der Waals surface area contributed by atoms with Crippen LogP contribution >= 0.6 is 23.2 Å². The lowest BCUT2D eigenvalue weighted by atomic mass is 10.2. The van der Waals surface area contributed by atoms with Gasteiger partial charge in [0.1, 0.15) is 0 Å². The largest absolute Gasteiger partial charge is 0.398 e. The van der Waals surface area contributed by atoms with Gasteiger partial charge in [0.2, 0.25) is 0 Å². The van der Waals surface area contributed by atoms with Crippen LogP contribution in [0.4, 0.5) is 5.69 Å². The summed E-state index contributed by atoms with van der Waals surface area (Å²) in [6.07, 6.45) is 0. The normalized spacial score (nSPS) is 10.8. The zero-order valence-corrected chi connectivity index (χ0v) is 12.6. The molecule has 2 aromatic carbocycles. The van der Waals surface area contributed by atoms with Gasteiger partial charge in [-0.15, -0.1) is 5.10 Å². The van der Waals surface area contributed by atoms with Gasteiger partial charge in [-0.1, -0.05) is 29.3 Å². The van der Waals surface area contributed by atoms with Crippen molar-refractivity contribution in [2.45, 2.75) is 6.92 Å². The monoisotopic (exact) mass is 319 g/mol. The molecule has 0 saturated carbocycles. The first kappa shape index (κ1) is 13.9. The number of nitrogen functional groups attached to an aromatic ring is 1. The fourth-order valence-electron chi connectivity index (χ4n) is 1.92. The number of aromatic nitrogens is 4. The standard InChI is InChI=1S/C14H11Cl2N5/c1-8-2-4-10(7-11(8)15)21-14(18-19-20-21)9-3-5-13(17)12(16)6-9/h2-7H,17H2,1H3. The molecule has 5 nitrogen and oxygen atoms in total. The van der Waals surface area contributed by atoms with E-state index in [9.17, 15) is 0 Å². The lowest BCUT2D eigenvalue weighted by Crippen LogP contribution is -2.00. The van der Waals surface area contributed by atoms with Crippen LogP contribution in [0.5, 0.6) is 0 Å². The molecule has 0 saturated heterocycles. The van der Waals surface area contributed by atoms with Gasteiger partial charge in [0.15, 0.2) is 5.82 Å². The van der Waals surface area contributed by atoms with Gasteiger partial charge in [-0.3, -0.25) is 0 Å². The number of anilines is 1. The van der Waals surface area contributed by atoms with E-state index in [0.717, 1.165) is 16.8 Å². The predicted octanol–water partition coefficient (Wildman–Crippen LogP) is 3.53. The molecule has 1 aromatic heterocycles. The summed E-state index contributed by atoms with van der Waals surface area (Å²) in [4.78, 5) is 0. The molecule has 0 atom stereocenters. The van der Waals surface area contributed by atoms with E-state index in [0.29, 0.717) is 21.6 Å². The van der Waals surface area contributed by atoms with Gasteiger partial charge in [-0.25, -0.2) is 0 Å². The Morgan fingerprint density at radius 1 is 1.05 bits per heavy atom. The number of tetrazole rings is 1. The SMILES string of the molecule is Cc1ccc(-n2nnnc2-c2ccc(N)c(Cl)c2)cc1Cl. The summed E-state index contributed by atoms with van der Waals surface area (Å²) < 4.78 is 1.60. The summed E-state index contributed by atoms with van der Waals surface area (Å²) >= 11 is 12.2. The maximum atomic E-state index is 6.16. The predicted molar refractivity (Wildman–Crippen MR) is 83.8 cm³/mol. The molecule has 0 amide bonds. The molecule has 3 rings (SSSR count). The third-order valence-corrected chi connectivity index (χ3v) is 3.86. The van der Waals surface area contributed by atoms with E-state index < -0.39 is 0 Å². The number of hydrogen-bond donors (Lipinski definition) is 1. The molecular formula is C14H11Cl2N5. The summed E-state index contributed by atoms with van der Waals surface area (Å²) in [7, 11) is 0. The van der Waals surface area contributed by atoms with Crippen molar-refractivity contribution < 1.29 is 0 Å². The lowest BCUT2D eigenvalue weighted by molar-refractivity contribution is 0.791. The topological polar surface area (TPSA) is 69.6 Å². The highest BCUT2D eigenvalue weighted by atomic mass is 35.5. The molecule has 1 heterocycles. The second-order valence-corrected chi connectivity index (χ2v) is 5.40. The third kappa shape index (κ3) is 2.57. The molecule has 0 bridgehead atoms. The Morgan fingerprint density at radius 3 is 2.57 bits per heavy atom. The van der Waals surface area contributed by atoms with Crippen molar-refractivity contribution in [2.75, 3.05) is 5.73 Å². The van der Waals surface area contributed by atoms with Crippen molar-refractivity contribution in [1.82, 2.24) is 20.2 Å². The van der Waals surface area contributed by atoms with Crippen LogP contribution in [0.1, 0.15) is 5.56 Å². The maximum Gasteiger partial charge on any atom is 0.187 e. The van der Waals surface area contributed by atoms with E-state index >= 15 is 0 Å². The van der Waals surface area contributed by atoms with Crippen LogP contribution in [0.2, 0.25) is 10.0 Å². The molecule has 0 spiro atoms. The minimum atomic E-state index is 0.462. The van der Waals surface area contributed by atoms with Crippen molar-refractivity contribution in [1.29, 1.82) is 0 Å². The molecule has 106 valence electrons. The first-order valence-electron chi connectivity index (χ1n) is 6.16. The van der Waals surface area contributed by atoms with Crippen LogP contribution in [-0.4, -0.2) is 20.2 Å². The third-order valence-electron chi connectivity index (χ3n) is 3.13. The van der Waals surface area contributed by atoms with Crippen molar-refractivity contribution in [3.05, 3.63) is 52.0 Å². The molecule has 0 unspecified atom stereocenters. The number of hydrogen-bond acceptors (Lipinski definition) is 4. The Morgan fingerprint density at radius 2 is 1.86 bits per heavy atom. The number of aryl methyl sites for hydroxylation is 1. The molecule has 0 aliphatic rings. The van der Waals surface area contributed by atoms with Gasteiger partial charge in [-0.05, 0) is 53.2 Å². The van der Waals surface area contributed by atoms with Gasteiger partial charge in [0.25, 0.3) is 0 Å². The molecule has 21 heavy (non-hydrogen) atoms. The van der Waals surface area contributed by atoms with Crippen molar-refractivity contribution in [3.63, 3.8) is 0 Å². The second-order valence-electron chi connectivity index (χ2n) is 4.58. The molecule has 7 heteroatoms. The van der Waals surface area contributed by atoms with Crippen LogP contribution in [0.15, 0.2) is 36.4 Å². The second kappa shape index (κ2) is 5.35. The van der Waals surface area contributed by atoms with E-state index in [1.165, 1.54) is 0 Å². The lowest BCUT2D eigenvalue weighted by Gasteiger charge is -2.07. The zero-order chi connectivity index (χ0) is 15.0. The Bertz CT molecular complexity index is 747.